The van der Waals surface area contributed by atoms with Crippen LogP contribution in [-0.4, -0.2) is 28.3 Å². The third kappa shape index (κ3) is 34.8. The quantitative estimate of drug-likeness (QED) is 0.0723. The molecule has 214 valence electrons. The fraction of sp³-hybridized carbons (Fsp3) is 0.871. The largest absolute Gasteiger partial charge is 0.479 e. The molecule has 0 rings (SSSR count). The highest BCUT2D eigenvalue weighted by molar-refractivity contribution is 5.71. The Kier molecular flexibility index (Phi) is 30.5. The van der Waals surface area contributed by atoms with Crippen molar-refractivity contribution >= 4 is 11.9 Å². The summed E-state index contributed by atoms with van der Waals surface area (Å²) in [5, 5.41) is 17.8. The van der Waals surface area contributed by atoms with Gasteiger partial charge in [0.05, 0.1) is 6.26 Å². The number of carboxylic acids is 1. The Labute approximate surface area is 223 Å². The Balaban J connectivity index is 0. The van der Waals surface area contributed by atoms with Crippen molar-refractivity contribution in [2.45, 2.75) is 168 Å². The first-order valence-corrected chi connectivity index (χ1v) is 15.0. The topological polar surface area (TPSA) is 83.8 Å². The molecule has 0 bridgehead atoms. The molecule has 0 aromatic heterocycles. The van der Waals surface area contributed by atoms with Gasteiger partial charge >= 0.3 is 11.9 Å². The van der Waals surface area contributed by atoms with E-state index in [2.05, 4.69) is 25.2 Å². The number of aliphatic carboxylic acids is 1. The number of esters is 1. The zero-order chi connectivity index (χ0) is 27.3. The second kappa shape index (κ2) is 29.9. The molecule has 0 heterocycles. The average Bonchev–Trinajstić information content (AvgIpc) is 2.82. The molecule has 5 nitrogen and oxygen atoms in total. The van der Waals surface area contributed by atoms with E-state index in [0.29, 0.717) is 6.42 Å². The second-order valence-electron chi connectivity index (χ2n) is 10.7. The molecule has 0 aromatic carbocycles. The average molecular weight is 513 g/mol. The lowest BCUT2D eigenvalue weighted by molar-refractivity contribution is -0.147. The Bertz CT molecular complexity index is 489. The van der Waals surface area contributed by atoms with Gasteiger partial charge in [0, 0.05) is 6.92 Å². The van der Waals surface area contributed by atoms with Crippen LogP contribution < -0.4 is 0 Å². The van der Waals surface area contributed by atoms with Gasteiger partial charge in [0.25, 0.3) is 0 Å². The summed E-state index contributed by atoms with van der Waals surface area (Å²) in [7, 11) is 0. The lowest BCUT2D eigenvalue weighted by Gasteiger charge is -2.05. The number of carboxylic acid groups (broad SMARTS) is 1. The van der Waals surface area contributed by atoms with Crippen LogP contribution >= 0.6 is 0 Å². The van der Waals surface area contributed by atoms with Crippen LogP contribution in [0.2, 0.25) is 0 Å². The highest BCUT2D eigenvalue weighted by Gasteiger charge is 2.11. The fourth-order valence-electron chi connectivity index (χ4n) is 4.31. The molecule has 0 aliphatic rings. The second-order valence-corrected chi connectivity index (χ2v) is 10.7. The molecular formula is C31H60O5. The minimum Gasteiger partial charge on any atom is -0.479 e. The number of hydrogen-bond donors (Lipinski definition) is 2. The Hall–Kier alpha value is -1.36. The van der Waals surface area contributed by atoms with E-state index in [9.17, 15) is 14.7 Å². The van der Waals surface area contributed by atoms with Crippen LogP contribution in [0.25, 0.3) is 0 Å². The SMILES string of the molecule is C=COC(C)=O.CC(C)CCCCCCCCCCCCCCCCCCCCCCC(O)C(=O)O. The standard InChI is InChI=1S/C27H54O3.C4H6O2/c1-25(2)23-21-19-17-15-13-11-9-7-5-3-4-6-8-10-12-14-16-18-20-22-24-26(28)27(29)30;1-3-6-4(2)5/h25-26,28H,3-24H2,1-2H3,(H,29,30);3H,1H2,2H3. The third-order valence-electron chi connectivity index (χ3n) is 6.54. The van der Waals surface area contributed by atoms with Crippen molar-refractivity contribution in [1.82, 2.24) is 0 Å². The van der Waals surface area contributed by atoms with Crippen LogP contribution in [0.5, 0.6) is 0 Å². The van der Waals surface area contributed by atoms with Gasteiger partial charge in [-0.1, -0.05) is 155 Å². The zero-order valence-electron chi connectivity index (χ0n) is 24.1. The maximum Gasteiger partial charge on any atom is 0.332 e. The number of unbranched alkanes of at least 4 members (excludes halogenated alkanes) is 19. The van der Waals surface area contributed by atoms with Gasteiger partial charge in [-0.3, -0.25) is 4.79 Å². The number of hydrogen-bond acceptors (Lipinski definition) is 4. The van der Waals surface area contributed by atoms with Crippen molar-refractivity contribution in [2.75, 3.05) is 0 Å². The normalized spacial score (nSPS) is 11.6. The van der Waals surface area contributed by atoms with E-state index in [1.165, 1.54) is 129 Å². The lowest BCUT2D eigenvalue weighted by Crippen LogP contribution is -2.18. The predicted molar refractivity (Wildman–Crippen MR) is 152 cm³/mol. The molecule has 2 N–H and O–H groups in total. The summed E-state index contributed by atoms with van der Waals surface area (Å²) in [6.45, 7) is 9.13. The Morgan fingerprint density at radius 3 is 1.11 bits per heavy atom. The zero-order valence-corrected chi connectivity index (χ0v) is 24.1. The smallest absolute Gasteiger partial charge is 0.332 e. The summed E-state index contributed by atoms with van der Waals surface area (Å²) in [5.41, 5.74) is 0. The Morgan fingerprint density at radius 1 is 0.639 bits per heavy atom. The molecule has 0 saturated carbocycles. The highest BCUT2D eigenvalue weighted by Crippen LogP contribution is 2.16. The van der Waals surface area contributed by atoms with Gasteiger partial charge in [-0.2, -0.15) is 0 Å². The minimum atomic E-state index is -1.17. The first-order chi connectivity index (χ1) is 17.3. The van der Waals surface area contributed by atoms with E-state index < -0.39 is 12.1 Å². The van der Waals surface area contributed by atoms with E-state index in [1.54, 1.807) is 0 Å². The van der Waals surface area contributed by atoms with Crippen molar-refractivity contribution < 1.29 is 24.5 Å². The van der Waals surface area contributed by atoms with Crippen LogP contribution in [0.1, 0.15) is 162 Å². The maximum atomic E-state index is 10.5. The van der Waals surface area contributed by atoms with Crippen LogP contribution in [0.4, 0.5) is 0 Å². The number of aliphatic hydroxyl groups is 1. The molecule has 0 aliphatic heterocycles. The van der Waals surface area contributed by atoms with Crippen LogP contribution in [0.15, 0.2) is 12.8 Å². The predicted octanol–water partition coefficient (Wildman–Crippen LogP) is 9.36. The van der Waals surface area contributed by atoms with Crippen molar-refractivity contribution in [2.24, 2.45) is 5.92 Å². The van der Waals surface area contributed by atoms with E-state index >= 15 is 0 Å². The number of rotatable bonds is 25. The molecule has 0 aromatic rings. The number of ether oxygens (including phenoxy) is 1. The van der Waals surface area contributed by atoms with Gasteiger partial charge in [-0.05, 0) is 12.3 Å². The number of carbonyl (C=O) groups is 2. The fourth-order valence-corrected chi connectivity index (χ4v) is 4.31. The summed E-state index contributed by atoms with van der Waals surface area (Å²) in [4.78, 5) is 20.3. The van der Waals surface area contributed by atoms with Crippen molar-refractivity contribution in [3.63, 3.8) is 0 Å². The summed E-state index contributed by atoms with van der Waals surface area (Å²) in [5.74, 6) is -0.542. The van der Waals surface area contributed by atoms with E-state index in [-0.39, 0.29) is 5.97 Å². The van der Waals surface area contributed by atoms with Gasteiger partial charge < -0.3 is 14.9 Å². The number of carbonyl (C=O) groups excluding carboxylic acids is 1. The Morgan fingerprint density at radius 2 is 0.917 bits per heavy atom. The summed E-state index contributed by atoms with van der Waals surface area (Å²) in [6, 6.07) is 0. The maximum absolute atomic E-state index is 10.5. The van der Waals surface area contributed by atoms with Crippen LogP contribution in [0, 0.1) is 5.92 Å². The summed E-state index contributed by atoms with van der Waals surface area (Å²) >= 11 is 0. The van der Waals surface area contributed by atoms with E-state index in [0.717, 1.165) is 25.0 Å². The molecule has 5 heteroatoms. The monoisotopic (exact) mass is 512 g/mol. The molecule has 0 spiro atoms. The molecule has 1 atom stereocenters. The van der Waals surface area contributed by atoms with Gasteiger partial charge in [-0.25, -0.2) is 4.79 Å². The van der Waals surface area contributed by atoms with Gasteiger partial charge in [0.2, 0.25) is 0 Å². The molecule has 1 unspecified atom stereocenters. The van der Waals surface area contributed by atoms with Gasteiger partial charge in [0.15, 0.2) is 6.10 Å². The van der Waals surface area contributed by atoms with Crippen molar-refractivity contribution in [3.05, 3.63) is 12.8 Å². The van der Waals surface area contributed by atoms with Gasteiger partial charge in [0.1, 0.15) is 0 Å². The summed E-state index contributed by atoms with van der Waals surface area (Å²) < 4.78 is 4.17. The minimum absolute atomic E-state index is 0.329. The first-order valence-electron chi connectivity index (χ1n) is 15.0. The summed E-state index contributed by atoms with van der Waals surface area (Å²) in [6.07, 6.45) is 28.7. The molecule has 0 amide bonds. The molecule has 0 fully saturated rings. The number of aliphatic hydroxyl groups excluding tert-OH is 1. The first kappa shape index (κ1) is 36.8. The molecule has 0 radical (unpaired) electrons. The molecule has 0 aliphatic carbocycles. The van der Waals surface area contributed by atoms with E-state index in [1.807, 2.05) is 0 Å². The van der Waals surface area contributed by atoms with E-state index in [4.69, 9.17) is 5.11 Å². The highest BCUT2D eigenvalue weighted by atomic mass is 16.5. The molecule has 0 saturated heterocycles. The van der Waals surface area contributed by atoms with Crippen molar-refractivity contribution in [3.8, 4) is 0 Å². The third-order valence-corrected chi connectivity index (χ3v) is 6.54. The molecular weight excluding hydrogens is 452 g/mol. The van der Waals surface area contributed by atoms with Crippen LogP contribution in [-0.2, 0) is 14.3 Å². The van der Waals surface area contributed by atoms with Crippen molar-refractivity contribution in [1.29, 1.82) is 0 Å². The van der Waals surface area contributed by atoms with Gasteiger partial charge in [-0.15, -0.1) is 0 Å². The molecule has 36 heavy (non-hydrogen) atoms. The van der Waals surface area contributed by atoms with Crippen LogP contribution in [0.3, 0.4) is 0 Å². The lowest BCUT2D eigenvalue weighted by atomic mass is 10.0.